The van der Waals surface area contributed by atoms with Gasteiger partial charge in [-0.05, 0) is 24.7 Å². The van der Waals surface area contributed by atoms with Crippen molar-refractivity contribution >= 4 is 6.16 Å². The Bertz CT molecular complexity index is 196. The summed E-state index contributed by atoms with van der Waals surface area (Å²) in [5.41, 5.74) is 0.485. The summed E-state index contributed by atoms with van der Waals surface area (Å²) >= 11 is 0. The van der Waals surface area contributed by atoms with E-state index in [0.29, 0.717) is 12.0 Å². The van der Waals surface area contributed by atoms with Crippen LogP contribution in [0.25, 0.3) is 0 Å². The van der Waals surface area contributed by atoms with Crippen molar-refractivity contribution in [3.63, 3.8) is 0 Å². The molecule has 1 heterocycles. The topological polar surface area (TPSA) is 35.5 Å². The van der Waals surface area contributed by atoms with Crippen LogP contribution >= 0.6 is 0 Å². The Morgan fingerprint density at radius 2 is 2.33 bits per heavy atom. The Morgan fingerprint density at radius 3 is 2.75 bits per heavy atom. The van der Waals surface area contributed by atoms with Gasteiger partial charge in [-0.25, -0.2) is 4.79 Å². The SMILES string of the molecule is CCC1(CC2COC(=O)O2)CC1. The summed E-state index contributed by atoms with van der Waals surface area (Å²) in [5, 5.41) is 0. The quantitative estimate of drug-likeness (QED) is 0.608. The molecule has 3 heteroatoms. The van der Waals surface area contributed by atoms with Gasteiger partial charge in [0.25, 0.3) is 0 Å². The first kappa shape index (κ1) is 7.90. The Labute approximate surface area is 72.0 Å². The lowest BCUT2D eigenvalue weighted by atomic mass is 9.96. The van der Waals surface area contributed by atoms with Crippen LogP contribution in [0, 0.1) is 5.41 Å². The Morgan fingerprint density at radius 1 is 1.58 bits per heavy atom. The summed E-state index contributed by atoms with van der Waals surface area (Å²) in [6, 6.07) is 0. The van der Waals surface area contributed by atoms with Gasteiger partial charge in [0.2, 0.25) is 0 Å². The minimum atomic E-state index is -0.494. The van der Waals surface area contributed by atoms with Crippen LogP contribution in [0.1, 0.15) is 32.6 Å². The summed E-state index contributed by atoms with van der Waals surface area (Å²) in [6.07, 6.45) is 4.30. The van der Waals surface area contributed by atoms with Crippen molar-refractivity contribution in [1.29, 1.82) is 0 Å². The second-order valence-corrected chi connectivity index (χ2v) is 3.86. The molecule has 68 valence electrons. The molecule has 0 radical (unpaired) electrons. The lowest BCUT2D eigenvalue weighted by Crippen LogP contribution is -2.16. The lowest BCUT2D eigenvalue weighted by molar-refractivity contribution is 0.109. The van der Waals surface area contributed by atoms with Crippen LogP contribution < -0.4 is 0 Å². The average Bonchev–Trinajstić information content (AvgIpc) is 2.71. The fourth-order valence-electron chi connectivity index (χ4n) is 1.83. The molecule has 0 aromatic carbocycles. The highest BCUT2D eigenvalue weighted by Crippen LogP contribution is 2.52. The van der Waals surface area contributed by atoms with E-state index >= 15 is 0 Å². The minimum absolute atomic E-state index is 0.0277. The fraction of sp³-hybridized carbons (Fsp3) is 0.889. The molecule has 1 aliphatic heterocycles. The predicted molar refractivity (Wildman–Crippen MR) is 42.8 cm³/mol. The number of hydrogen-bond donors (Lipinski definition) is 0. The lowest BCUT2D eigenvalue weighted by Gasteiger charge is -2.14. The highest BCUT2D eigenvalue weighted by Gasteiger charge is 2.44. The molecule has 0 N–H and O–H groups in total. The van der Waals surface area contributed by atoms with E-state index in [4.69, 9.17) is 9.47 Å². The molecular formula is C9H14O3. The van der Waals surface area contributed by atoms with E-state index in [1.54, 1.807) is 0 Å². The van der Waals surface area contributed by atoms with Gasteiger partial charge in [0.15, 0.2) is 0 Å². The Kier molecular flexibility index (Phi) is 1.74. The van der Waals surface area contributed by atoms with Crippen molar-refractivity contribution in [2.45, 2.75) is 38.7 Å². The third-order valence-corrected chi connectivity index (χ3v) is 3.02. The van der Waals surface area contributed by atoms with Crippen molar-refractivity contribution in [2.24, 2.45) is 5.41 Å². The number of carbonyl (C=O) groups is 1. The van der Waals surface area contributed by atoms with Gasteiger partial charge in [-0.2, -0.15) is 0 Å². The molecule has 1 atom stereocenters. The van der Waals surface area contributed by atoms with Gasteiger partial charge in [0, 0.05) is 0 Å². The second kappa shape index (κ2) is 2.64. The fourth-order valence-corrected chi connectivity index (χ4v) is 1.83. The Hall–Kier alpha value is -0.730. The zero-order valence-electron chi connectivity index (χ0n) is 7.34. The van der Waals surface area contributed by atoms with E-state index in [1.165, 1.54) is 19.3 Å². The second-order valence-electron chi connectivity index (χ2n) is 3.86. The molecular weight excluding hydrogens is 156 g/mol. The molecule has 0 spiro atoms. The number of carbonyl (C=O) groups excluding carboxylic acids is 1. The smallest absolute Gasteiger partial charge is 0.430 e. The van der Waals surface area contributed by atoms with E-state index in [-0.39, 0.29) is 6.10 Å². The highest BCUT2D eigenvalue weighted by molar-refractivity contribution is 5.61. The summed E-state index contributed by atoms with van der Waals surface area (Å²) in [6.45, 7) is 2.66. The van der Waals surface area contributed by atoms with Crippen LogP contribution in [0.4, 0.5) is 4.79 Å². The van der Waals surface area contributed by atoms with Gasteiger partial charge < -0.3 is 9.47 Å². The molecule has 0 aromatic heterocycles. The van der Waals surface area contributed by atoms with Gasteiger partial charge in [0.05, 0.1) is 0 Å². The first-order chi connectivity index (χ1) is 5.74. The van der Waals surface area contributed by atoms with Crippen LogP contribution in [0.2, 0.25) is 0 Å². The third kappa shape index (κ3) is 1.40. The molecule has 1 saturated carbocycles. The summed E-state index contributed by atoms with van der Waals surface area (Å²) in [7, 11) is 0. The first-order valence-electron chi connectivity index (χ1n) is 4.57. The van der Waals surface area contributed by atoms with Gasteiger partial charge in [0.1, 0.15) is 12.7 Å². The van der Waals surface area contributed by atoms with E-state index in [1.807, 2.05) is 0 Å². The molecule has 0 aromatic rings. The molecule has 2 aliphatic rings. The molecule has 0 bridgehead atoms. The van der Waals surface area contributed by atoms with Gasteiger partial charge >= 0.3 is 6.16 Å². The molecule has 12 heavy (non-hydrogen) atoms. The maximum absolute atomic E-state index is 10.6. The summed E-state index contributed by atoms with van der Waals surface area (Å²) < 4.78 is 9.70. The van der Waals surface area contributed by atoms with E-state index in [9.17, 15) is 4.79 Å². The maximum atomic E-state index is 10.6. The molecule has 1 unspecified atom stereocenters. The molecule has 2 fully saturated rings. The number of ether oxygens (including phenoxy) is 2. The van der Waals surface area contributed by atoms with Crippen LogP contribution in [0.3, 0.4) is 0 Å². The number of rotatable bonds is 3. The molecule has 1 aliphatic carbocycles. The van der Waals surface area contributed by atoms with Crippen LogP contribution in [0.15, 0.2) is 0 Å². The molecule has 1 saturated heterocycles. The summed E-state index contributed by atoms with van der Waals surface area (Å²) in [4.78, 5) is 10.6. The molecule has 0 amide bonds. The van der Waals surface area contributed by atoms with Crippen molar-refractivity contribution in [1.82, 2.24) is 0 Å². The van der Waals surface area contributed by atoms with E-state index in [2.05, 4.69) is 6.92 Å². The first-order valence-corrected chi connectivity index (χ1v) is 4.57. The van der Waals surface area contributed by atoms with E-state index in [0.717, 1.165) is 6.42 Å². The third-order valence-electron chi connectivity index (χ3n) is 3.02. The molecule has 2 rings (SSSR count). The summed E-state index contributed by atoms with van der Waals surface area (Å²) in [5.74, 6) is 0. The van der Waals surface area contributed by atoms with Gasteiger partial charge in [-0.15, -0.1) is 0 Å². The van der Waals surface area contributed by atoms with Gasteiger partial charge in [-0.3, -0.25) is 0 Å². The average molecular weight is 170 g/mol. The largest absolute Gasteiger partial charge is 0.508 e. The van der Waals surface area contributed by atoms with Gasteiger partial charge in [-0.1, -0.05) is 13.3 Å². The van der Waals surface area contributed by atoms with Crippen LogP contribution in [-0.4, -0.2) is 18.9 Å². The van der Waals surface area contributed by atoms with Crippen molar-refractivity contribution in [3.05, 3.63) is 0 Å². The number of cyclic esters (lactones) is 2. The van der Waals surface area contributed by atoms with Crippen molar-refractivity contribution < 1.29 is 14.3 Å². The standard InChI is InChI=1S/C9H14O3/c1-2-9(3-4-9)5-7-6-11-8(10)12-7/h7H,2-6H2,1H3. The minimum Gasteiger partial charge on any atom is -0.430 e. The van der Waals surface area contributed by atoms with Crippen LogP contribution in [-0.2, 0) is 9.47 Å². The zero-order valence-corrected chi connectivity index (χ0v) is 7.34. The van der Waals surface area contributed by atoms with Crippen LogP contribution in [0.5, 0.6) is 0 Å². The van der Waals surface area contributed by atoms with Crippen molar-refractivity contribution in [3.8, 4) is 0 Å². The zero-order chi connectivity index (χ0) is 8.60. The molecule has 3 nitrogen and oxygen atoms in total. The van der Waals surface area contributed by atoms with Crippen molar-refractivity contribution in [2.75, 3.05) is 6.61 Å². The monoisotopic (exact) mass is 170 g/mol. The predicted octanol–water partition coefficient (Wildman–Crippen LogP) is 2.10. The number of hydrogen-bond acceptors (Lipinski definition) is 3. The highest BCUT2D eigenvalue weighted by atomic mass is 16.8. The normalized spacial score (nSPS) is 31.1. The maximum Gasteiger partial charge on any atom is 0.508 e. The van der Waals surface area contributed by atoms with E-state index < -0.39 is 6.16 Å². The Balaban J connectivity index is 1.83.